The molecule has 1 unspecified atom stereocenters. The summed E-state index contributed by atoms with van der Waals surface area (Å²) in [6, 6.07) is 8.44. The first-order valence-electron chi connectivity index (χ1n) is 9.44. The van der Waals surface area contributed by atoms with Gasteiger partial charge in [0.15, 0.2) is 0 Å². The number of nitrogens with zero attached hydrogens (tertiary/aromatic N) is 3. The van der Waals surface area contributed by atoms with E-state index in [1.807, 2.05) is 11.0 Å². The molecule has 132 valence electrons. The third-order valence-electron chi connectivity index (χ3n) is 5.67. The minimum atomic E-state index is 0.281. The van der Waals surface area contributed by atoms with Crippen LogP contribution >= 0.6 is 0 Å². The molecule has 0 spiro atoms. The maximum atomic E-state index is 12.8. The standard InChI is InChI=1S/C20H31N3O/c1-4-21-11-13-22(14-12-21)10-9-20(24)23-15-18(16(2)3)17-7-5-6-8-19(17)23/h5-8,16,18H,4,9-15H2,1-3H3. The van der Waals surface area contributed by atoms with E-state index in [0.717, 1.165) is 51.5 Å². The summed E-state index contributed by atoms with van der Waals surface area (Å²) in [5.41, 5.74) is 2.48. The van der Waals surface area contributed by atoms with Crippen LogP contribution in [0.4, 0.5) is 5.69 Å². The smallest absolute Gasteiger partial charge is 0.228 e. The molecular formula is C20H31N3O. The Morgan fingerprint density at radius 2 is 1.79 bits per heavy atom. The van der Waals surface area contributed by atoms with Crippen molar-refractivity contribution in [1.29, 1.82) is 0 Å². The summed E-state index contributed by atoms with van der Waals surface area (Å²) in [7, 11) is 0. The van der Waals surface area contributed by atoms with Gasteiger partial charge in [0.2, 0.25) is 5.91 Å². The fourth-order valence-electron chi connectivity index (χ4n) is 3.96. The van der Waals surface area contributed by atoms with E-state index in [1.54, 1.807) is 0 Å². The number of hydrogen-bond acceptors (Lipinski definition) is 3. The molecule has 4 heteroatoms. The second kappa shape index (κ2) is 7.66. The van der Waals surface area contributed by atoms with E-state index in [-0.39, 0.29) is 5.91 Å². The number of piperazine rings is 1. The molecule has 1 saturated heterocycles. The van der Waals surface area contributed by atoms with Gasteiger partial charge in [-0.1, -0.05) is 39.0 Å². The van der Waals surface area contributed by atoms with Gasteiger partial charge in [-0.3, -0.25) is 4.79 Å². The minimum absolute atomic E-state index is 0.281. The van der Waals surface area contributed by atoms with Gasteiger partial charge in [-0.2, -0.15) is 0 Å². The lowest BCUT2D eigenvalue weighted by Crippen LogP contribution is -2.47. The van der Waals surface area contributed by atoms with E-state index < -0.39 is 0 Å². The van der Waals surface area contributed by atoms with Crippen LogP contribution < -0.4 is 4.90 Å². The Labute approximate surface area is 146 Å². The Morgan fingerprint density at radius 3 is 2.46 bits per heavy atom. The third kappa shape index (κ3) is 3.65. The molecule has 1 fully saturated rings. The molecule has 0 N–H and O–H groups in total. The number of amides is 1. The van der Waals surface area contributed by atoms with Crippen molar-refractivity contribution < 1.29 is 4.79 Å². The molecule has 24 heavy (non-hydrogen) atoms. The van der Waals surface area contributed by atoms with Crippen LogP contribution in [0.15, 0.2) is 24.3 Å². The molecule has 2 heterocycles. The van der Waals surface area contributed by atoms with Gasteiger partial charge in [0.05, 0.1) is 0 Å². The number of para-hydroxylation sites is 1. The second-order valence-corrected chi connectivity index (χ2v) is 7.44. The molecule has 0 radical (unpaired) electrons. The highest BCUT2D eigenvalue weighted by molar-refractivity contribution is 5.96. The van der Waals surface area contributed by atoms with Gasteiger partial charge in [0.25, 0.3) is 0 Å². The summed E-state index contributed by atoms with van der Waals surface area (Å²) in [6.07, 6.45) is 0.630. The zero-order valence-electron chi connectivity index (χ0n) is 15.4. The normalized spacial score (nSPS) is 22.2. The van der Waals surface area contributed by atoms with Crippen LogP contribution in [0, 0.1) is 5.92 Å². The maximum absolute atomic E-state index is 12.8. The first-order valence-corrected chi connectivity index (χ1v) is 9.44. The van der Waals surface area contributed by atoms with Gasteiger partial charge in [-0.15, -0.1) is 0 Å². The summed E-state index contributed by atoms with van der Waals surface area (Å²) in [4.78, 5) is 19.8. The Bertz CT molecular complexity index is 564. The van der Waals surface area contributed by atoms with Crippen LogP contribution in [0.3, 0.4) is 0 Å². The van der Waals surface area contributed by atoms with Crippen molar-refractivity contribution in [2.24, 2.45) is 5.92 Å². The number of fused-ring (bicyclic) bond motifs is 1. The highest BCUT2D eigenvalue weighted by Crippen LogP contribution is 2.40. The topological polar surface area (TPSA) is 26.8 Å². The molecule has 1 aromatic rings. The average Bonchev–Trinajstić information content (AvgIpc) is 3.00. The molecule has 0 aromatic heterocycles. The van der Waals surface area contributed by atoms with Crippen molar-refractivity contribution >= 4 is 11.6 Å². The highest BCUT2D eigenvalue weighted by atomic mass is 16.2. The zero-order valence-corrected chi connectivity index (χ0v) is 15.4. The molecule has 0 aliphatic carbocycles. The Hall–Kier alpha value is -1.39. The van der Waals surface area contributed by atoms with Gasteiger partial charge in [-0.25, -0.2) is 0 Å². The quantitative estimate of drug-likeness (QED) is 0.831. The Balaban J connectivity index is 1.58. The molecule has 0 saturated carbocycles. The Morgan fingerprint density at radius 1 is 1.12 bits per heavy atom. The number of carbonyl (C=O) groups excluding carboxylic acids is 1. The van der Waals surface area contributed by atoms with Gasteiger partial charge in [0.1, 0.15) is 0 Å². The van der Waals surface area contributed by atoms with Gasteiger partial charge >= 0.3 is 0 Å². The number of anilines is 1. The summed E-state index contributed by atoms with van der Waals surface area (Å²) in [5.74, 6) is 1.31. The SMILES string of the molecule is CCN1CCN(CCC(=O)N2CC(C(C)C)c3ccccc32)CC1. The van der Waals surface area contributed by atoms with Crippen molar-refractivity contribution in [2.75, 3.05) is 50.7 Å². The van der Waals surface area contributed by atoms with Crippen molar-refractivity contribution in [2.45, 2.75) is 33.1 Å². The monoisotopic (exact) mass is 329 g/mol. The zero-order chi connectivity index (χ0) is 17.1. The number of likely N-dealkylation sites (N-methyl/N-ethyl adjacent to an activating group) is 1. The molecule has 1 atom stereocenters. The largest absolute Gasteiger partial charge is 0.311 e. The second-order valence-electron chi connectivity index (χ2n) is 7.44. The third-order valence-corrected chi connectivity index (χ3v) is 5.67. The van der Waals surface area contributed by atoms with Crippen LogP contribution in [0.2, 0.25) is 0 Å². The van der Waals surface area contributed by atoms with E-state index in [4.69, 9.17) is 0 Å². The maximum Gasteiger partial charge on any atom is 0.228 e. The summed E-state index contributed by atoms with van der Waals surface area (Å²) in [6.45, 7) is 14.0. The van der Waals surface area contributed by atoms with Gasteiger partial charge in [0, 0.05) is 57.3 Å². The molecule has 2 aliphatic heterocycles. The van der Waals surface area contributed by atoms with E-state index in [1.165, 1.54) is 5.56 Å². The molecule has 1 aromatic carbocycles. The van der Waals surface area contributed by atoms with Crippen molar-refractivity contribution in [3.05, 3.63) is 29.8 Å². The summed E-state index contributed by atoms with van der Waals surface area (Å²) in [5, 5.41) is 0. The van der Waals surface area contributed by atoms with Gasteiger partial charge in [-0.05, 0) is 24.1 Å². The molecular weight excluding hydrogens is 298 g/mol. The molecule has 3 rings (SSSR count). The fourth-order valence-corrected chi connectivity index (χ4v) is 3.96. The van der Waals surface area contributed by atoms with Crippen LogP contribution in [-0.2, 0) is 4.79 Å². The lowest BCUT2D eigenvalue weighted by Gasteiger charge is -2.34. The Kier molecular flexibility index (Phi) is 5.57. The molecule has 0 bridgehead atoms. The van der Waals surface area contributed by atoms with Crippen LogP contribution in [0.1, 0.15) is 38.7 Å². The summed E-state index contributed by atoms with van der Waals surface area (Å²) < 4.78 is 0. The molecule has 4 nitrogen and oxygen atoms in total. The van der Waals surface area contributed by atoms with Crippen molar-refractivity contribution in [3.63, 3.8) is 0 Å². The van der Waals surface area contributed by atoms with Crippen molar-refractivity contribution in [3.8, 4) is 0 Å². The van der Waals surface area contributed by atoms with Crippen molar-refractivity contribution in [1.82, 2.24) is 9.80 Å². The fraction of sp³-hybridized carbons (Fsp3) is 0.650. The predicted molar refractivity (Wildman–Crippen MR) is 99.5 cm³/mol. The highest BCUT2D eigenvalue weighted by Gasteiger charge is 2.33. The predicted octanol–water partition coefficient (Wildman–Crippen LogP) is 2.80. The van der Waals surface area contributed by atoms with Crippen LogP contribution in [0.5, 0.6) is 0 Å². The van der Waals surface area contributed by atoms with E-state index in [2.05, 4.69) is 48.8 Å². The molecule has 1 amide bonds. The summed E-state index contributed by atoms with van der Waals surface area (Å²) >= 11 is 0. The number of rotatable bonds is 5. The molecule has 2 aliphatic rings. The van der Waals surface area contributed by atoms with E-state index in [9.17, 15) is 4.79 Å². The van der Waals surface area contributed by atoms with Crippen LogP contribution in [0.25, 0.3) is 0 Å². The van der Waals surface area contributed by atoms with Gasteiger partial charge < -0.3 is 14.7 Å². The number of benzene rings is 1. The van der Waals surface area contributed by atoms with Crippen LogP contribution in [-0.4, -0.2) is 61.5 Å². The minimum Gasteiger partial charge on any atom is -0.311 e. The number of hydrogen-bond donors (Lipinski definition) is 0. The number of carbonyl (C=O) groups is 1. The average molecular weight is 329 g/mol. The van der Waals surface area contributed by atoms with E-state index in [0.29, 0.717) is 18.3 Å². The first-order chi connectivity index (χ1) is 11.6. The first kappa shape index (κ1) is 17.4. The van der Waals surface area contributed by atoms with E-state index >= 15 is 0 Å². The lowest BCUT2D eigenvalue weighted by molar-refractivity contribution is -0.119. The lowest BCUT2D eigenvalue weighted by atomic mass is 9.90.